The second kappa shape index (κ2) is 7.70. The molecule has 2 heteroatoms. The summed E-state index contributed by atoms with van der Waals surface area (Å²) in [5, 5.41) is 0. The molecule has 0 radical (unpaired) electrons. The van der Waals surface area contributed by atoms with Gasteiger partial charge in [0.05, 0.1) is 6.54 Å². The van der Waals surface area contributed by atoms with Crippen LogP contribution < -0.4 is 4.74 Å². The summed E-state index contributed by atoms with van der Waals surface area (Å²) in [5.74, 6) is 0.909. The fourth-order valence-corrected chi connectivity index (χ4v) is 1.66. The van der Waals surface area contributed by atoms with Gasteiger partial charge < -0.3 is 4.74 Å². The lowest BCUT2D eigenvalue weighted by Gasteiger charge is -2.08. The first-order valence-corrected chi connectivity index (χ1v) is 6.53. The van der Waals surface area contributed by atoms with E-state index in [1.54, 1.807) is 6.21 Å². The predicted molar refractivity (Wildman–Crippen MR) is 79.5 cm³/mol. The maximum Gasteiger partial charge on any atom is 0.119 e. The molecule has 0 atom stereocenters. The molecule has 0 heterocycles. The predicted octanol–water partition coefficient (Wildman–Crippen LogP) is 4.36. The van der Waals surface area contributed by atoms with Crippen molar-refractivity contribution in [3.63, 3.8) is 0 Å². The molecule has 1 aromatic carbocycles. The Bertz CT molecular complexity index is 415. The van der Waals surface area contributed by atoms with Gasteiger partial charge in [0.25, 0.3) is 0 Å². The molecule has 18 heavy (non-hydrogen) atoms. The van der Waals surface area contributed by atoms with Crippen molar-refractivity contribution in [1.29, 1.82) is 0 Å². The number of benzene rings is 1. The molecule has 0 unspecified atom stereocenters. The van der Waals surface area contributed by atoms with Gasteiger partial charge in [-0.2, -0.15) is 0 Å². The molecule has 2 nitrogen and oxygen atoms in total. The average Bonchev–Trinajstić information content (AvgIpc) is 2.42. The third kappa shape index (κ3) is 4.36. The molecule has 0 fully saturated rings. The minimum absolute atomic E-state index is 0.631. The van der Waals surface area contributed by atoms with Crippen LogP contribution in [0.2, 0.25) is 0 Å². The van der Waals surface area contributed by atoms with Gasteiger partial charge in [-0.05, 0) is 56.7 Å². The van der Waals surface area contributed by atoms with E-state index in [0.717, 1.165) is 12.2 Å². The number of aliphatic imine (C=N–C) groups is 1. The van der Waals surface area contributed by atoms with Crippen molar-refractivity contribution >= 4 is 11.8 Å². The fraction of sp³-hybridized carbons (Fsp3) is 0.438. The first kappa shape index (κ1) is 14.5. The second-order valence-corrected chi connectivity index (χ2v) is 4.30. The van der Waals surface area contributed by atoms with Crippen molar-refractivity contribution in [2.24, 2.45) is 4.99 Å². The molecule has 1 rings (SSSR count). The summed E-state index contributed by atoms with van der Waals surface area (Å²) in [7, 11) is 0. The highest BCUT2D eigenvalue weighted by atomic mass is 16.5. The van der Waals surface area contributed by atoms with Gasteiger partial charge in [0, 0.05) is 0 Å². The molecule has 0 N–H and O–H groups in total. The van der Waals surface area contributed by atoms with Crippen LogP contribution in [0.15, 0.2) is 34.8 Å². The summed E-state index contributed by atoms with van der Waals surface area (Å²) in [6, 6.07) is 8.29. The van der Waals surface area contributed by atoms with Crippen molar-refractivity contribution in [2.75, 3.05) is 13.2 Å². The summed E-state index contributed by atoms with van der Waals surface area (Å²) in [4.78, 5) is 4.11. The van der Waals surface area contributed by atoms with Crippen molar-refractivity contribution in [3.8, 4) is 5.75 Å². The lowest BCUT2D eigenvalue weighted by molar-refractivity contribution is 0.329. The SMILES string of the molecule is CC=NCCOc1ccc(C(C)=C(C)CC)cc1. The molecule has 0 aliphatic carbocycles. The smallest absolute Gasteiger partial charge is 0.119 e. The molecule has 0 aliphatic heterocycles. The minimum atomic E-state index is 0.631. The Morgan fingerprint density at radius 2 is 1.89 bits per heavy atom. The first-order chi connectivity index (χ1) is 8.69. The Hall–Kier alpha value is -1.57. The Balaban J connectivity index is 2.63. The van der Waals surface area contributed by atoms with E-state index in [0.29, 0.717) is 13.2 Å². The summed E-state index contributed by atoms with van der Waals surface area (Å²) < 4.78 is 5.60. The van der Waals surface area contributed by atoms with Gasteiger partial charge in [-0.25, -0.2) is 0 Å². The number of hydrogen-bond donors (Lipinski definition) is 0. The normalized spacial score (nSPS) is 12.7. The molecule has 0 amide bonds. The third-order valence-electron chi connectivity index (χ3n) is 3.13. The largest absolute Gasteiger partial charge is 0.492 e. The minimum Gasteiger partial charge on any atom is -0.492 e. The lowest BCUT2D eigenvalue weighted by atomic mass is 10.0. The maximum atomic E-state index is 5.60. The third-order valence-corrected chi connectivity index (χ3v) is 3.13. The number of hydrogen-bond acceptors (Lipinski definition) is 2. The Morgan fingerprint density at radius 3 is 2.44 bits per heavy atom. The summed E-state index contributed by atoms with van der Waals surface area (Å²) in [6.45, 7) is 9.80. The van der Waals surface area contributed by atoms with Crippen LogP contribution in [0, 0.1) is 0 Å². The number of allylic oxidation sites excluding steroid dienone is 2. The van der Waals surface area contributed by atoms with E-state index in [9.17, 15) is 0 Å². The topological polar surface area (TPSA) is 21.6 Å². The standard InChI is InChI=1S/C16H23NO/c1-5-13(3)14(4)15-7-9-16(10-8-15)18-12-11-17-6-2/h6-10H,5,11-12H2,1-4H3. The van der Waals surface area contributed by atoms with E-state index in [-0.39, 0.29) is 0 Å². The highest BCUT2D eigenvalue weighted by Crippen LogP contribution is 2.22. The van der Waals surface area contributed by atoms with E-state index in [2.05, 4.69) is 37.9 Å². The van der Waals surface area contributed by atoms with Crippen molar-refractivity contribution in [1.82, 2.24) is 0 Å². The maximum absolute atomic E-state index is 5.60. The summed E-state index contributed by atoms with van der Waals surface area (Å²) in [6.07, 6.45) is 2.90. The van der Waals surface area contributed by atoms with Crippen LogP contribution in [0.4, 0.5) is 0 Å². The van der Waals surface area contributed by atoms with Crippen molar-refractivity contribution < 1.29 is 4.74 Å². The number of ether oxygens (including phenoxy) is 1. The van der Waals surface area contributed by atoms with Gasteiger partial charge in [-0.15, -0.1) is 0 Å². The zero-order chi connectivity index (χ0) is 13.4. The monoisotopic (exact) mass is 245 g/mol. The number of nitrogens with zero attached hydrogens (tertiary/aromatic N) is 1. The van der Waals surface area contributed by atoms with Crippen LogP contribution >= 0.6 is 0 Å². The molecule has 1 aromatic rings. The van der Waals surface area contributed by atoms with Crippen LogP contribution in [-0.4, -0.2) is 19.4 Å². The molecule has 0 aliphatic rings. The molecular weight excluding hydrogens is 222 g/mol. The Morgan fingerprint density at radius 1 is 1.22 bits per heavy atom. The van der Waals surface area contributed by atoms with Gasteiger partial charge in [0.15, 0.2) is 0 Å². The van der Waals surface area contributed by atoms with Gasteiger partial charge in [0.1, 0.15) is 12.4 Å². The quantitative estimate of drug-likeness (QED) is 0.539. The molecule has 0 aromatic heterocycles. The summed E-state index contributed by atoms with van der Waals surface area (Å²) >= 11 is 0. The van der Waals surface area contributed by atoms with Crippen molar-refractivity contribution in [2.45, 2.75) is 34.1 Å². The van der Waals surface area contributed by atoms with E-state index in [1.165, 1.54) is 16.7 Å². The van der Waals surface area contributed by atoms with E-state index < -0.39 is 0 Å². The molecular formula is C16H23NO. The van der Waals surface area contributed by atoms with Crippen LogP contribution in [-0.2, 0) is 0 Å². The van der Waals surface area contributed by atoms with Gasteiger partial charge >= 0.3 is 0 Å². The van der Waals surface area contributed by atoms with E-state index in [4.69, 9.17) is 4.74 Å². The van der Waals surface area contributed by atoms with Crippen LogP contribution in [0.5, 0.6) is 5.75 Å². The van der Waals surface area contributed by atoms with Crippen LogP contribution in [0.25, 0.3) is 5.57 Å². The van der Waals surface area contributed by atoms with Gasteiger partial charge in [-0.1, -0.05) is 24.6 Å². The van der Waals surface area contributed by atoms with Gasteiger partial charge in [-0.3, -0.25) is 4.99 Å². The molecule has 0 bridgehead atoms. The molecule has 0 spiro atoms. The van der Waals surface area contributed by atoms with Crippen LogP contribution in [0.1, 0.15) is 39.7 Å². The fourth-order valence-electron chi connectivity index (χ4n) is 1.66. The molecule has 98 valence electrons. The lowest BCUT2D eigenvalue weighted by Crippen LogP contribution is -2.00. The molecule has 0 saturated carbocycles. The highest BCUT2D eigenvalue weighted by Gasteiger charge is 2.00. The highest BCUT2D eigenvalue weighted by molar-refractivity contribution is 5.66. The summed E-state index contributed by atoms with van der Waals surface area (Å²) in [5.41, 5.74) is 4.06. The zero-order valence-electron chi connectivity index (χ0n) is 11.9. The number of rotatable bonds is 6. The first-order valence-electron chi connectivity index (χ1n) is 6.53. The van der Waals surface area contributed by atoms with Crippen molar-refractivity contribution in [3.05, 3.63) is 35.4 Å². The molecule has 0 saturated heterocycles. The van der Waals surface area contributed by atoms with E-state index in [1.807, 2.05) is 19.1 Å². The van der Waals surface area contributed by atoms with Crippen LogP contribution in [0.3, 0.4) is 0 Å². The Kier molecular flexibility index (Phi) is 6.20. The second-order valence-electron chi connectivity index (χ2n) is 4.30. The average molecular weight is 245 g/mol. The van der Waals surface area contributed by atoms with E-state index >= 15 is 0 Å². The van der Waals surface area contributed by atoms with Gasteiger partial charge in [0.2, 0.25) is 0 Å². The zero-order valence-corrected chi connectivity index (χ0v) is 11.9. The Labute approximate surface area is 110 Å².